The minimum atomic E-state index is -4.93. The first-order valence-electron chi connectivity index (χ1n) is 4.78. The summed E-state index contributed by atoms with van der Waals surface area (Å²) >= 11 is 0. The van der Waals surface area contributed by atoms with Gasteiger partial charge in [-0.2, -0.15) is 26.3 Å². The molecule has 1 aromatic carbocycles. The lowest BCUT2D eigenvalue weighted by atomic mass is 10.3. The van der Waals surface area contributed by atoms with E-state index in [4.69, 9.17) is 0 Å². The van der Waals surface area contributed by atoms with Gasteiger partial charge in [0, 0.05) is 0 Å². The summed E-state index contributed by atoms with van der Waals surface area (Å²) in [7, 11) is 0. The molecule has 1 heterocycles. The highest BCUT2D eigenvalue weighted by atomic mass is 19.4. The van der Waals surface area contributed by atoms with Crippen LogP contribution in [0.2, 0.25) is 0 Å². The number of nitrogens with zero attached hydrogens (tertiary/aromatic N) is 2. The topological polar surface area (TPSA) is 17.8 Å². The second kappa shape index (κ2) is 3.89. The standard InChI is InChI=1S/C10H6F6N2/c11-9(12,13)5-18-7-4-2-1-3-6(7)17-8(18)10(14,15)16/h1-4H,5H2. The molecule has 0 radical (unpaired) electrons. The lowest BCUT2D eigenvalue weighted by Gasteiger charge is -2.13. The molecule has 0 spiro atoms. The molecule has 0 atom stereocenters. The van der Waals surface area contributed by atoms with Crippen LogP contribution in [0.25, 0.3) is 11.0 Å². The highest BCUT2D eigenvalue weighted by Crippen LogP contribution is 2.33. The first kappa shape index (κ1) is 12.7. The van der Waals surface area contributed by atoms with Gasteiger partial charge in [-0.15, -0.1) is 0 Å². The molecule has 18 heavy (non-hydrogen) atoms. The summed E-state index contributed by atoms with van der Waals surface area (Å²) in [6.45, 7) is -1.72. The third-order valence-electron chi connectivity index (χ3n) is 2.25. The van der Waals surface area contributed by atoms with Crippen LogP contribution >= 0.6 is 0 Å². The molecule has 0 aliphatic carbocycles. The number of para-hydroxylation sites is 2. The van der Waals surface area contributed by atoms with Crippen molar-refractivity contribution in [3.05, 3.63) is 30.1 Å². The monoisotopic (exact) mass is 268 g/mol. The maximum atomic E-state index is 12.6. The fourth-order valence-corrected chi connectivity index (χ4v) is 1.63. The molecule has 0 aliphatic heterocycles. The number of halogens is 6. The molecule has 0 unspecified atom stereocenters. The van der Waals surface area contributed by atoms with E-state index in [2.05, 4.69) is 4.98 Å². The number of hydrogen-bond donors (Lipinski definition) is 0. The van der Waals surface area contributed by atoms with Gasteiger partial charge in [0.2, 0.25) is 5.82 Å². The Morgan fingerprint density at radius 2 is 1.61 bits per heavy atom. The summed E-state index contributed by atoms with van der Waals surface area (Å²) in [6, 6.07) is 5.17. The second-order valence-electron chi connectivity index (χ2n) is 3.62. The lowest BCUT2D eigenvalue weighted by Crippen LogP contribution is -2.23. The van der Waals surface area contributed by atoms with Gasteiger partial charge < -0.3 is 4.57 Å². The largest absolute Gasteiger partial charge is 0.449 e. The van der Waals surface area contributed by atoms with Crippen molar-refractivity contribution in [2.24, 2.45) is 0 Å². The van der Waals surface area contributed by atoms with Crippen LogP contribution in [0.15, 0.2) is 24.3 Å². The average molecular weight is 268 g/mol. The molecule has 8 heteroatoms. The van der Waals surface area contributed by atoms with E-state index in [-0.39, 0.29) is 15.6 Å². The summed E-state index contributed by atoms with van der Waals surface area (Å²) in [6.07, 6.45) is -9.67. The van der Waals surface area contributed by atoms with Crippen LogP contribution in [0.3, 0.4) is 0 Å². The molecule has 1 aromatic heterocycles. The van der Waals surface area contributed by atoms with E-state index in [0.29, 0.717) is 0 Å². The molecular formula is C10H6F6N2. The molecular weight excluding hydrogens is 262 g/mol. The minimum Gasteiger partial charge on any atom is -0.311 e. The summed E-state index contributed by atoms with van der Waals surface area (Å²) in [5.41, 5.74) is -0.309. The summed E-state index contributed by atoms with van der Waals surface area (Å²) in [5, 5.41) is 0. The van der Waals surface area contributed by atoms with Crippen molar-refractivity contribution in [1.29, 1.82) is 0 Å². The molecule has 0 saturated carbocycles. The number of alkyl halides is 6. The van der Waals surface area contributed by atoms with Crippen molar-refractivity contribution in [1.82, 2.24) is 9.55 Å². The number of hydrogen-bond acceptors (Lipinski definition) is 1. The van der Waals surface area contributed by atoms with Crippen LogP contribution in [0.4, 0.5) is 26.3 Å². The van der Waals surface area contributed by atoms with Gasteiger partial charge in [0.05, 0.1) is 11.0 Å². The Bertz CT molecular complexity index is 566. The van der Waals surface area contributed by atoms with E-state index in [1.54, 1.807) is 0 Å². The molecule has 2 rings (SSSR count). The Labute approximate surface area is 96.8 Å². The number of benzene rings is 1. The predicted octanol–water partition coefficient (Wildman–Crippen LogP) is 3.62. The van der Waals surface area contributed by atoms with Crippen molar-refractivity contribution < 1.29 is 26.3 Å². The molecule has 0 fully saturated rings. The Morgan fingerprint density at radius 3 is 2.17 bits per heavy atom. The van der Waals surface area contributed by atoms with Gasteiger partial charge in [-0.25, -0.2) is 4.98 Å². The fraction of sp³-hybridized carbons (Fsp3) is 0.300. The molecule has 2 nitrogen and oxygen atoms in total. The molecule has 2 aromatic rings. The zero-order valence-corrected chi connectivity index (χ0v) is 8.68. The first-order valence-corrected chi connectivity index (χ1v) is 4.78. The highest BCUT2D eigenvalue weighted by molar-refractivity contribution is 5.76. The zero-order valence-electron chi connectivity index (χ0n) is 8.68. The van der Waals surface area contributed by atoms with Crippen molar-refractivity contribution in [2.75, 3.05) is 0 Å². The Hall–Kier alpha value is -1.73. The van der Waals surface area contributed by atoms with Crippen LogP contribution in [0.5, 0.6) is 0 Å². The molecule has 0 N–H and O–H groups in total. The van der Waals surface area contributed by atoms with E-state index in [1.165, 1.54) is 24.3 Å². The van der Waals surface area contributed by atoms with Gasteiger partial charge in [-0.05, 0) is 12.1 Å². The number of imidazole rings is 1. The van der Waals surface area contributed by atoms with Crippen molar-refractivity contribution >= 4 is 11.0 Å². The number of aromatic nitrogens is 2. The van der Waals surface area contributed by atoms with Gasteiger partial charge in [0.1, 0.15) is 6.54 Å². The maximum absolute atomic E-state index is 12.6. The molecule has 98 valence electrons. The lowest BCUT2D eigenvalue weighted by molar-refractivity contribution is -0.160. The Balaban J connectivity index is 2.66. The normalized spacial score (nSPS) is 13.2. The van der Waals surface area contributed by atoms with E-state index in [1.807, 2.05) is 0 Å². The first-order chi connectivity index (χ1) is 8.18. The summed E-state index contributed by atoms with van der Waals surface area (Å²) in [5.74, 6) is -1.54. The van der Waals surface area contributed by atoms with E-state index >= 15 is 0 Å². The van der Waals surface area contributed by atoms with Gasteiger partial charge >= 0.3 is 12.4 Å². The predicted molar refractivity (Wildman–Crippen MR) is 50.8 cm³/mol. The van der Waals surface area contributed by atoms with Crippen LogP contribution in [0, 0.1) is 0 Å². The third kappa shape index (κ3) is 2.41. The van der Waals surface area contributed by atoms with Crippen LogP contribution < -0.4 is 0 Å². The van der Waals surface area contributed by atoms with Gasteiger partial charge in [0.15, 0.2) is 0 Å². The van der Waals surface area contributed by atoms with Crippen molar-refractivity contribution in [3.63, 3.8) is 0 Å². The smallest absolute Gasteiger partial charge is 0.311 e. The minimum absolute atomic E-state index is 0.117. The Kier molecular flexibility index (Phi) is 2.75. The summed E-state index contributed by atoms with van der Waals surface area (Å²) in [4.78, 5) is 3.21. The Morgan fingerprint density at radius 1 is 1.00 bits per heavy atom. The average Bonchev–Trinajstić information content (AvgIpc) is 2.55. The molecule has 0 bridgehead atoms. The van der Waals surface area contributed by atoms with Gasteiger partial charge in [0.25, 0.3) is 0 Å². The molecule has 0 saturated heterocycles. The van der Waals surface area contributed by atoms with E-state index < -0.39 is 24.7 Å². The quantitative estimate of drug-likeness (QED) is 0.722. The van der Waals surface area contributed by atoms with Crippen LogP contribution in [0.1, 0.15) is 5.82 Å². The number of fused-ring (bicyclic) bond motifs is 1. The number of rotatable bonds is 1. The SMILES string of the molecule is FC(F)(F)Cn1c(C(F)(F)F)nc2ccccc21. The fourth-order valence-electron chi connectivity index (χ4n) is 1.63. The molecule has 0 amide bonds. The van der Waals surface area contributed by atoms with Gasteiger partial charge in [-0.3, -0.25) is 0 Å². The van der Waals surface area contributed by atoms with Crippen LogP contribution in [-0.4, -0.2) is 15.7 Å². The third-order valence-corrected chi connectivity index (χ3v) is 2.25. The zero-order chi connectivity index (χ0) is 13.6. The van der Waals surface area contributed by atoms with E-state index in [9.17, 15) is 26.3 Å². The van der Waals surface area contributed by atoms with E-state index in [0.717, 1.165) is 0 Å². The van der Waals surface area contributed by atoms with Crippen molar-refractivity contribution in [3.8, 4) is 0 Å². The summed E-state index contributed by atoms with van der Waals surface area (Å²) < 4.78 is 74.9. The maximum Gasteiger partial charge on any atom is 0.449 e. The van der Waals surface area contributed by atoms with Crippen molar-refractivity contribution in [2.45, 2.75) is 18.9 Å². The highest BCUT2D eigenvalue weighted by Gasteiger charge is 2.40. The van der Waals surface area contributed by atoms with Crippen LogP contribution in [-0.2, 0) is 12.7 Å². The second-order valence-corrected chi connectivity index (χ2v) is 3.62. The molecule has 0 aliphatic rings. The van der Waals surface area contributed by atoms with Gasteiger partial charge in [-0.1, -0.05) is 12.1 Å².